The van der Waals surface area contributed by atoms with Gasteiger partial charge >= 0.3 is 0 Å². The molecule has 1 rings (SSSR count). The van der Waals surface area contributed by atoms with Gasteiger partial charge in [-0.15, -0.1) is 0 Å². The lowest BCUT2D eigenvalue weighted by Gasteiger charge is -2.10. The first-order valence-electron chi connectivity index (χ1n) is 6.88. The smallest absolute Gasteiger partial charge is 0.220 e. The summed E-state index contributed by atoms with van der Waals surface area (Å²) in [6.07, 6.45) is 1.15. The van der Waals surface area contributed by atoms with E-state index in [1.165, 1.54) is 0 Å². The Kier molecular flexibility index (Phi) is 7.41. The highest BCUT2D eigenvalue weighted by Crippen LogP contribution is 2.21. The third-order valence-electron chi connectivity index (χ3n) is 3.00. The summed E-state index contributed by atoms with van der Waals surface area (Å²) in [6, 6.07) is 5.54. The number of rotatable bonds is 8. The molecule has 0 saturated carbocycles. The first kappa shape index (κ1) is 16.8. The first-order valence-corrected chi connectivity index (χ1v) is 7.26. The van der Waals surface area contributed by atoms with Gasteiger partial charge in [0.05, 0.1) is 6.61 Å². The van der Waals surface area contributed by atoms with Crippen molar-refractivity contribution in [2.24, 2.45) is 11.7 Å². The number of carbonyl (C=O) groups excluding carboxylic acids is 1. The Hall–Kier alpha value is -1.26. The zero-order valence-electron chi connectivity index (χ0n) is 12.1. The van der Waals surface area contributed by atoms with Crippen LogP contribution in [0, 0.1) is 12.8 Å². The van der Waals surface area contributed by atoms with Crippen molar-refractivity contribution in [3.8, 4) is 5.75 Å². The second-order valence-electron chi connectivity index (χ2n) is 5.01. The number of halogens is 1. The normalized spacial score (nSPS) is 12.0. The summed E-state index contributed by atoms with van der Waals surface area (Å²) >= 11 is 5.94. The van der Waals surface area contributed by atoms with Crippen molar-refractivity contribution < 1.29 is 9.53 Å². The van der Waals surface area contributed by atoms with Crippen molar-refractivity contribution in [2.75, 3.05) is 19.7 Å². The third-order valence-corrected chi connectivity index (χ3v) is 3.42. The van der Waals surface area contributed by atoms with E-state index in [0.29, 0.717) is 38.5 Å². The number of carbonyl (C=O) groups is 1. The van der Waals surface area contributed by atoms with Gasteiger partial charge in [-0.1, -0.05) is 18.5 Å². The molecule has 0 aromatic heterocycles. The van der Waals surface area contributed by atoms with Gasteiger partial charge in [0, 0.05) is 18.0 Å². The van der Waals surface area contributed by atoms with Crippen LogP contribution >= 0.6 is 11.6 Å². The minimum atomic E-state index is 0.0428. The Bertz CT molecular complexity index is 438. The van der Waals surface area contributed by atoms with Crippen molar-refractivity contribution >= 4 is 17.5 Å². The van der Waals surface area contributed by atoms with Crippen LogP contribution in [0.15, 0.2) is 18.2 Å². The molecule has 1 aromatic carbocycles. The molecule has 112 valence electrons. The molecule has 1 aromatic rings. The Morgan fingerprint density at radius 1 is 1.50 bits per heavy atom. The molecule has 20 heavy (non-hydrogen) atoms. The van der Waals surface area contributed by atoms with Gasteiger partial charge < -0.3 is 15.8 Å². The molecule has 0 bridgehead atoms. The molecule has 0 aliphatic heterocycles. The van der Waals surface area contributed by atoms with E-state index in [-0.39, 0.29) is 5.91 Å². The molecule has 1 unspecified atom stereocenters. The highest BCUT2D eigenvalue weighted by Gasteiger charge is 2.04. The number of amides is 1. The average Bonchev–Trinajstić information content (AvgIpc) is 2.44. The SMILES string of the molecule is Cc1cc(OCCCC(=O)NCC(C)CN)ccc1Cl. The standard InChI is InChI=1S/C15H23ClN2O2/c1-11(9-17)10-18-15(19)4-3-7-20-13-5-6-14(16)12(2)8-13/h5-6,8,11H,3-4,7,9-10,17H2,1-2H3,(H,18,19). The lowest BCUT2D eigenvalue weighted by atomic mass is 10.2. The van der Waals surface area contributed by atoms with Crippen LogP contribution in [0.25, 0.3) is 0 Å². The van der Waals surface area contributed by atoms with E-state index in [9.17, 15) is 4.79 Å². The van der Waals surface area contributed by atoms with Gasteiger partial charge in [-0.25, -0.2) is 0 Å². The summed E-state index contributed by atoms with van der Waals surface area (Å²) in [5.41, 5.74) is 6.47. The van der Waals surface area contributed by atoms with Gasteiger partial charge in [0.15, 0.2) is 0 Å². The summed E-state index contributed by atoms with van der Waals surface area (Å²) in [6.45, 7) is 5.67. The number of ether oxygens (including phenoxy) is 1. The maximum atomic E-state index is 11.5. The molecule has 0 aliphatic carbocycles. The molecule has 3 N–H and O–H groups in total. The summed E-state index contributed by atoms with van der Waals surface area (Å²) in [4.78, 5) is 11.5. The minimum absolute atomic E-state index is 0.0428. The van der Waals surface area contributed by atoms with E-state index in [2.05, 4.69) is 5.32 Å². The van der Waals surface area contributed by atoms with Gasteiger partial charge in [0.1, 0.15) is 5.75 Å². The van der Waals surface area contributed by atoms with Crippen LogP contribution in [0.2, 0.25) is 5.02 Å². The number of benzene rings is 1. The predicted octanol–water partition coefficient (Wildman–Crippen LogP) is 2.52. The molecule has 1 amide bonds. The van der Waals surface area contributed by atoms with Crippen LogP contribution in [0.5, 0.6) is 5.75 Å². The maximum absolute atomic E-state index is 11.5. The molecule has 5 heteroatoms. The lowest BCUT2D eigenvalue weighted by Crippen LogP contribution is -2.31. The van der Waals surface area contributed by atoms with Crippen LogP contribution in [-0.2, 0) is 4.79 Å². The Morgan fingerprint density at radius 3 is 2.90 bits per heavy atom. The van der Waals surface area contributed by atoms with E-state index in [4.69, 9.17) is 22.1 Å². The molecule has 4 nitrogen and oxygen atoms in total. The van der Waals surface area contributed by atoms with Crippen molar-refractivity contribution in [1.29, 1.82) is 0 Å². The number of hydrogen-bond donors (Lipinski definition) is 2. The Balaban J connectivity index is 2.18. The molecule has 0 aliphatic rings. The van der Waals surface area contributed by atoms with Crippen LogP contribution in [0.1, 0.15) is 25.3 Å². The van der Waals surface area contributed by atoms with Gasteiger partial charge in [0.2, 0.25) is 5.91 Å². The van der Waals surface area contributed by atoms with Crippen molar-refractivity contribution in [3.63, 3.8) is 0 Å². The summed E-state index contributed by atoms with van der Waals surface area (Å²) in [5.74, 6) is 1.14. The fourth-order valence-corrected chi connectivity index (χ4v) is 1.71. The average molecular weight is 299 g/mol. The second kappa shape index (κ2) is 8.82. The van der Waals surface area contributed by atoms with Crippen LogP contribution < -0.4 is 15.8 Å². The van der Waals surface area contributed by atoms with E-state index in [0.717, 1.165) is 16.3 Å². The fraction of sp³-hybridized carbons (Fsp3) is 0.533. The number of aryl methyl sites for hydroxylation is 1. The van der Waals surface area contributed by atoms with E-state index in [1.54, 1.807) is 0 Å². The molecular weight excluding hydrogens is 276 g/mol. The highest BCUT2D eigenvalue weighted by atomic mass is 35.5. The predicted molar refractivity (Wildman–Crippen MR) is 82.1 cm³/mol. The van der Waals surface area contributed by atoms with Crippen LogP contribution in [0.4, 0.5) is 0 Å². The van der Waals surface area contributed by atoms with E-state index < -0.39 is 0 Å². The Morgan fingerprint density at radius 2 is 2.25 bits per heavy atom. The number of hydrogen-bond acceptors (Lipinski definition) is 3. The molecule has 0 spiro atoms. The topological polar surface area (TPSA) is 64.3 Å². The maximum Gasteiger partial charge on any atom is 0.220 e. The number of nitrogens with one attached hydrogen (secondary N) is 1. The monoisotopic (exact) mass is 298 g/mol. The molecule has 0 saturated heterocycles. The van der Waals surface area contributed by atoms with E-state index >= 15 is 0 Å². The Labute approximate surface area is 125 Å². The molecule has 0 radical (unpaired) electrons. The first-order chi connectivity index (χ1) is 9.52. The molecule has 0 fully saturated rings. The number of nitrogens with two attached hydrogens (primary N) is 1. The molecule has 0 heterocycles. The van der Waals surface area contributed by atoms with Gasteiger partial charge in [0.25, 0.3) is 0 Å². The minimum Gasteiger partial charge on any atom is -0.494 e. The summed E-state index contributed by atoms with van der Waals surface area (Å²) in [7, 11) is 0. The van der Waals surface area contributed by atoms with Crippen LogP contribution in [0.3, 0.4) is 0 Å². The molecule has 1 atom stereocenters. The second-order valence-corrected chi connectivity index (χ2v) is 5.42. The van der Waals surface area contributed by atoms with Gasteiger partial charge in [-0.3, -0.25) is 4.79 Å². The zero-order valence-corrected chi connectivity index (χ0v) is 12.9. The summed E-state index contributed by atoms with van der Waals surface area (Å²) < 4.78 is 5.58. The van der Waals surface area contributed by atoms with Gasteiger partial charge in [-0.2, -0.15) is 0 Å². The van der Waals surface area contributed by atoms with Crippen molar-refractivity contribution in [3.05, 3.63) is 28.8 Å². The van der Waals surface area contributed by atoms with E-state index in [1.807, 2.05) is 32.0 Å². The quantitative estimate of drug-likeness (QED) is 0.725. The third kappa shape index (κ3) is 6.26. The fourth-order valence-electron chi connectivity index (χ4n) is 1.59. The summed E-state index contributed by atoms with van der Waals surface area (Å²) in [5, 5.41) is 3.58. The van der Waals surface area contributed by atoms with Crippen molar-refractivity contribution in [2.45, 2.75) is 26.7 Å². The van der Waals surface area contributed by atoms with Crippen molar-refractivity contribution in [1.82, 2.24) is 5.32 Å². The largest absolute Gasteiger partial charge is 0.494 e. The van der Waals surface area contributed by atoms with Crippen LogP contribution in [-0.4, -0.2) is 25.6 Å². The lowest BCUT2D eigenvalue weighted by molar-refractivity contribution is -0.121. The van der Waals surface area contributed by atoms with Gasteiger partial charge in [-0.05, 0) is 49.6 Å². The zero-order chi connectivity index (χ0) is 15.0. The molecular formula is C15H23ClN2O2. The highest BCUT2D eigenvalue weighted by molar-refractivity contribution is 6.31.